The highest BCUT2D eigenvalue weighted by molar-refractivity contribution is 6.09. The van der Waals surface area contributed by atoms with E-state index in [0.29, 0.717) is 18.5 Å². The fraction of sp³-hybridized carbons (Fsp3) is 0.409. The van der Waals surface area contributed by atoms with Gasteiger partial charge in [0, 0.05) is 23.2 Å². The Morgan fingerprint density at radius 1 is 1.00 bits per heavy atom. The summed E-state index contributed by atoms with van der Waals surface area (Å²) in [6.45, 7) is 5.13. The third-order valence-electron chi connectivity index (χ3n) is 5.49. The van der Waals surface area contributed by atoms with Crippen LogP contribution >= 0.6 is 0 Å². The number of hydrogen-bond donors (Lipinski definition) is 2. The van der Waals surface area contributed by atoms with E-state index in [1.165, 1.54) is 6.92 Å². The second-order valence-electron chi connectivity index (χ2n) is 8.13. The monoisotopic (exact) mass is 507 g/mol. The van der Waals surface area contributed by atoms with Gasteiger partial charge in [-0.2, -0.15) is 35.8 Å². The largest absolute Gasteiger partial charge is 0.460 e. The highest BCUT2D eigenvalue weighted by Gasteiger charge is 2.76. The first kappa shape index (κ1) is 26.2. The van der Waals surface area contributed by atoms with Gasteiger partial charge in [-0.1, -0.05) is 17.7 Å². The molecule has 1 aliphatic rings. The average Bonchev–Trinajstić information content (AvgIpc) is 3.10. The minimum absolute atomic E-state index is 0.0625. The molecule has 0 unspecified atom stereocenters. The zero-order valence-electron chi connectivity index (χ0n) is 18.7. The number of furan rings is 1. The fourth-order valence-electron chi connectivity index (χ4n) is 3.64. The summed E-state index contributed by atoms with van der Waals surface area (Å²) >= 11 is 0. The number of fused-ring (bicyclic) bond motifs is 1. The summed E-state index contributed by atoms with van der Waals surface area (Å²) in [5.74, 6) is -16.1. The van der Waals surface area contributed by atoms with Crippen LogP contribution in [-0.2, 0) is 11.2 Å². The average molecular weight is 507 g/mol. The molecule has 2 amide bonds. The summed E-state index contributed by atoms with van der Waals surface area (Å²) in [6, 6.07) is 5.33. The molecule has 3 rings (SSSR count). The van der Waals surface area contributed by atoms with Crippen LogP contribution in [0, 0.1) is 20.8 Å². The Labute approximate surface area is 194 Å². The standard InChI is InChI=1S/C22H20F7N3O3/c1-10-7-8-13(11(2)9-10)30-18(33)17-12(3)16-14(5-4-6-15(16)35-17)31-32-19(34)20(23,24)21(25,26)22(27,28)29/h7-9H,4-6H2,1-3H3,(H,30,33)(H,32,34)/b31-14+. The predicted octanol–water partition coefficient (Wildman–Crippen LogP) is 5.45. The van der Waals surface area contributed by atoms with Gasteiger partial charge in [-0.3, -0.25) is 9.59 Å². The van der Waals surface area contributed by atoms with Gasteiger partial charge in [0.2, 0.25) is 0 Å². The van der Waals surface area contributed by atoms with E-state index in [1.807, 2.05) is 13.0 Å². The number of hydrogen-bond acceptors (Lipinski definition) is 4. The second-order valence-corrected chi connectivity index (χ2v) is 8.13. The lowest BCUT2D eigenvalue weighted by Gasteiger charge is -2.26. The van der Waals surface area contributed by atoms with Crippen LogP contribution in [0.5, 0.6) is 0 Å². The van der Waals surface area contributed by atoms with Crippen molar-refractivity contribution < 1.29 is 44.7 Å². The molecule has 0 spiro atoms. The molecule has 13 heteroatoms. The van der Waals surface area contributed by atoms with Crippen LogP contribution in [-0.4, -0.2) is 35.5 Å². The maximum Gasteiger partial charge on any atom is 0.460 e. The number of benzene rings is 1. The van der Waals surface area contributed by atoms with Gasteiger partial charge < -0.3 is 9.73 Å². The van der Waals surface area contributed by atoms with Crippen molar-refractivity contribution in [2.75, 3.05) is 5.32 Å². The Kier molecular flexibility index (Phi) is 6.75. The molecule has 0 fully saturated rings. The van der Waals surface area contributed by atoms with Crippen LogP contribution < -0.4 is 10.7 Å². The number of nitrogens with zero attached hydrogens (tertiary/aromatic N) is 1. The molecular weight excluding hydrogens is 487 g/mol. The van der Waals surface area contributed by atoms with Crippen molar-refractivity contribution in [1.29, 1.82) is 0 Å². The van der Waals surface area contributed by atoms with Crippen molar-refractivity contribution in [2.45, 2.75) is 58.1 Å². The van der Waals surface area contributed by atoms with Crippen LogP contribution in [0.2, 0.25) is 0 Å². The number of anilines is 1. The fourth-order valence-corrected chi connectivity index (χ4v) is 3.64. The molecule has 1 aromatic carbocycles. The van der Waals surface area contributed by atoms with Crippen LogP contribution in [0.1, 0.15) is 51.4 Å². The van der Waals surface area contributed by atoms with Crippen LogP contribution in [0.4, 0.5) is 36.4 Å². The molecule has 0 bridgehead atoms. The topological polar surface area (TPSA) is 83.7 Å². The van der Waals surface area contributed by atoms with Crippen molar-refractivity contribution >= 4 is 23.2 Å². The number of carbonyl (C=O) groups is 2. The molecule has 35 heavy (non-hydrogen) atoms. The molecule has 190 valence electrons. The third kappa shape index (κ3) is 4.76. The van der Waals surface area contributed by atoms with E-state index in [0.717, 1.165) is 16.6 Å². The molecule has 0 saturated heterocycles. The maximum atomic E-state index is 13.6. The SMILES string of the molecule is Cc1ccc(NC(=O)c2oc3c(c2C)/C(=N/NC(=O)C(F)(F)C(F)(F)C(F)(F)F)CCC3)c(C)c1. The molecule has 2 N–H and O–H groups in total. The van der Waals surface area contributed by atoms with Crippen molar-refractivity contribution in [3.8, 4) is 0 Å². The lowest BCUT2D eigenvalue weighted by molar-refractivity contribution is -0.344. The smallest absolute Gasteiger partial charge is 0.455 e. The summed E-state index contributed by atoms with van der Waals surface area (Å²) < 4.78 is 95.9. The molecule has 0 radical (unpaired) electrons. The maximum absolute atomic E-state index is 13.6. The van der Waals surface area contributed by atoms with Crippen LogP contribution in [0.25, 0.3) is 0 Å². The zero-order chi connectivity index (χ0) is 26.3. The van der Waals surface area contributed by atoms with Gasteiger partial charge in [0.05, 0.1) is 5.71 Å². The quantitative estimate of drug-likeness (QED) is 0.417. The number of amides is 2. The van der Waals surface area contributed by atoms with Gasteiger partial charge in [-0.25, -0.2) is 5.43 Å². The van der Waals surface area contributed by atoms with Crippen molar-refractivity contribution in [1.82, 2.24) is 5.43 Å². The summed E-state index contributed by atoms with van der Waals surface area (Å²) in [4.78, 5) is 24.3. The zero-order valence-corrected chi connectivity index (χ0v) is 18.7. The second kappa shape index (κ2) is 9.00. The highest BCUT2D eigenvalue weighted by Crippen LogP contribution is 2.46. The Balaban J connectivity index is 1.86. The minimum atomic E-state index is -6.65. The Bertz CT molecular complexity index is 1200. The minimum Gasteiger partial charge on any atom is -0.455 e. The number of halogens is 7. The molecule has 1 heterocycles. The van der Waals surface area contributed by atoms with Gasteiger partial charge in [0.15, 0.2) is 5.76 Å². The first-order valence-electron chi connectivity index (χ1n) is 10.3. The lowest BCUT2D eigenvalue weighted by atomic mass is 9.93. The van der Waals surface area contributed by atoms with Crippen molar-refractivity contribution in [3.63, 3.8) is 0 Å². The van der Waals surface area contributed by atoms with E-state index >= 15 is 0 Å². The highest BCUT2D eigenvalue weighted by atomic mass is 19.4. The lowest BCUT2D eigenvalue weighted by Crippen LogP contribution is -2.58. The van der Waals surface area contributed by atoms with Gasteiger partial charge in [-0.05, 0) is 45.2 Å². The molecule has 1 aliphatic carbocycles. The molecule has 0 atom stereocenters. The summed E-state index contributed by atoms with van der Waals surface area (Å²) in [5.41, 5.74) is 3.72. The number of rotatable bonds is 5. The first-order chi connectivity index (χ1) is 16.1. The Hall–Kier alpha value is -3.38. The number of hydrazone groups is 1. The van der Waals surface area contributed by atoms with E-state index in [1.54, 1.807) is 19.1 Å². The Morgan fingerprint density at radius 3 is 2.26 bits per heavy atom. The number of aryl methyl sites for hydroxylation is 3. The molecule has 1 aromatic heterocycles. The summed E-state index contributed by atoms with van der Waals surface area (Å²) in [7, 11) is 0. The van der Waals surface area contributed by atoms with E-state index in [9.17, 15) is 40.3 Å². The molecular formula is C22H20F7N3O3. The van der Waals surface area contributed by atoms with Crippen LogP contribution in [0.3, 0.4) is 0 Å². The van der Waals surface area contributed by atoms with E-state index in [2.05, 4.69) is 10.4 Å². The molecule has 2 aromatic rings. The van der Waals surface area contributed by atoms with Gasteiger partial charge in [0.25, 0.3) is 5.91 Å². The van der Waals surface area contributed by atoms with Gasteiger partial charge in [0.1, 0.15) is 5.76 Å². The summed E-state index contributed by atoms with van der Waals surface area (Å²) in [6.07, 6.45) is -5.94. The van der Waals surface area contributed by atoms with E-state index < -0.39 is 29.8 Å². The van der Waals surface area contributed by atoms with Crippen molar-refractivity contribution in [3.05, 3.63) is 52.0 Å². The number of alkyl halides is 7. The van der Waals surface area contributed by atoms with E-state index in [-0.39, 0.29) is 34.8 Å². The van der Waals surface area contributed by atoms with Gasteiger partial charge >= 0.3 is 23.9 Å². The third-order valence-corrected chi connectivity index (χ3v) is 5.49. The Morgan fingerprint density at radius 2 is 1.66 bits per heavy atom. The normalized spacial score (nSPS) is 15.7. The van der Waals surface area contributed by atoms with Gasteiger partial charge in [-0.15, -0.1) is 0 Å². The summed E-state index contributed by atoms with van der Waals surface area (Å²) in [5, 5.41) is 6.06. The molecule has 6 nitrogen and oxygen atoms in total. The first-order valence-corrected chi connectivity index (χ1v) is 10.3. The molecule has 0 saturated carbocycles. The number of nitrogens with one attached hydrogen (secondary N) is 2. The molecule has 0 aliphatic heterocycles. The number of carbonyl (C=O) groups excluding carboxylic acids is 2. The van der Waals surface area contributed by atoms with Crippen LogP contribution in [0.15, 0.2) is 27.7 Å². The predicted molar refractivity (Wildman–Crippen MR) is 111 cm³/mol. The van der Waals surface area contributed by atoms with Crippen molar-refractivity contribution in [2.24, 2.45) is 5.10 Å². The van der Waals surface area contributed by atoms with E-state index in [4.69, 9.17) is 4.42 Å².